The number of nitrogens with zero attached hydrogens (tertiary/aromatic N) is 2. The fourth-order valence-corrected chi connectivity index (χ4v) is 2.41. The minimum atomic E-state index is -0.00369. The van der Waals surface area contributed by atoms with Crippen molar-refractivity contribution < 1.29 is 4.74 Å². The van der Waals surface area contributed by atoms with Crippen molar-refractivity contribution in [2.45, 2.75) is 13.3 Å². The van der Waals surface area contributed by atoms with Gasteiger partial charge in [-0.15, -0.1) is 0 Å². The third kappa shape index (κ3) is 4.63. The van der Waals surface area contributed by atoms with Gasteiger partial charge in [0.05, 0.1) is 12.3 Å². The van der Waals surface area contributed by atoms with Gasteiger partial charge in [-0.05, 0) is 32.0 Å². The van der Waals surface area contributed by atoms with Crippen LogP contribution in [0.4, 0.5) is 5.82 Å². The summed E-state index contributed by atoms with van der Waals surface area (Å²) >= 11 is 0. The predicted octanol–water partition coefficient (Wildman–Crippen LogP) is 1.50. The maximum Gasteiger partial charge on any atom is 0.329 e. The van der Waals surface area contributed by atoms with Crippen LogP contribution in [0.5, 0.6) is 5.75 Å². The van der Waals surface area contributed by atoms with Gasteiger partial charge in [-0.3, -0.25) is 9.13 Å². The molecular weight excluding hydrogens is 292 g/mol. The van der Waals surface area contributed by atoms with Crippen molar-refractivity contribution in [1.82, 2.24) is 14.5 Å². The molecule has 6 nitrogen and oxygen atoms in total. The highest BCUT2D eigenvalue weighted by atomic mass is 16.5. The van der Waals surface area contributed by atoms with Gasteiger partial charge in [-0.25, -0.2) is 4.79 Å². The maximum absolute atomic E-state index is 11.8. The van der Waals surface area contributed by atoms with E-state index in [0.29, 0.717) is 6.61 Å². The van der Waals surface area contributed by atoms with Crippen LogP contribution < -0.4 is 21.1 Å². The number of anilines is 1. The van der Waals surface area contributed by atoms with Crippen LogP contribution >= 0.6 is 0 Å². The number of imidazole rings is 1. The van der Waals surface area contributed by atoms with E-state index in [9.17, 15) is 4.79 Å². The molecule has 2 aromatic rings. The second kappa shape index (κ2) is 8.43. The van der Waals surface area contributed by atoms with E-state index in [1.807, 2.05) is 37.3 Å². The molecule has 0 aliphatic carbocycles. The standard InChI is InChI=1S/C17H26N4O2/c1-14-16(21(3)17(22)20(14)2)19-12-11-18-10-7-13-23-15-8-5-4-6-9-15/h4-6,8-9,18-19H,7,10-13H2,1-3H3. The molecule has 23 heavy (non-hydrogen) atoms. The molecule has 0 aliphatic rings. The molecule has 0 spiro atoms. The second-order valence-corrected chi connectivity index (χ2v) is 5.53. The van der Waals surface area contributed by atoms with Crippen LogP contribution in [-0.2, 0) is 14.1 Å². The molecule has 2 N–H and O–H groups in total. The fraction of sp³-hybridized carbons (Fsp3) is 0.471. The monoisotopic (exact) mass is 318 g/mol. The van der Waals surface area contributed by atoms with Crippen molar-refractivity contribution in [3.63, 3.8) is 0 Å². The summed E-state index contributed by atoms with van der Waals surface area (Å²) in [6, 6.07) is 9.84. The Kier molecular flexibility index (Phi) is 6.29. The Morgan fingerprint density at radius 1 is 1.04 bits per heavy atom. The number of aromatic nitrogens is 2. The van der Waals surface area contributed by atoms with Crippen LogP contribution in [0.15, 0.2) is 35.1 Å². The van der Waals surface area contributed by atoms with Gasteiger partial charge in [0.25, 0.3) is 0 Å². The van der Waals surface area contributed by atoms with Crippen molar-refractivity contribution in [1.29, 1.82) is 0 Å². The van der Waals surface area contributed by atoms with Gasteiger partial charge in [0.2, 0.25) is 0 Å². The second-order valence-electron chi connectivity index (χ2n) is 5.53. The lowest BCUT2D eigenvalue weighted by atomic mass is 10.3. The largest absolute Gasteiger partial charge is 0.494 e. The van der Waals surface area contributed by atoms with E-state index in [1.54, 1.807) is 23.2 Å². The molecular formula is C17H26N4O2. The SMILES string of the molecule is Cc1c(NCCNCCCOc2ccccc2)n(C)c(=O)n1C. The molecule has 1 heterocycles. The van der Waals surface area contributed by atoms with Crippen LogP contribution in [0.1, 0.15) is 12.1 Å². The van der Waals surface area contributed by atoms with Crippen molar-refractivity contribution in [2.75, 3.05) is 31.6 Å². The lowest BCUT2D eigenvalue weighted by Gasteiger charge is -2.09. The highest BCUT2D eigenvalue weighted by Gasteiger charge is 2.10. The number of hydrogen-bond donors (Lipinski definition) is 2. The van der Waals surface area contributed by atoms with Crippen molar-refractivity contribution in [3.05, 3.63) is 46.5 Å². The number of para-hydroxylation sites is 1. The molecule has 0 atom stereocenters. The van der Waals surface area contributed by atoms with Crippen LogP contribution in [0.25, 0.3) is 0 Å². The van der Waals surface area contributed by atoms with Gasteiger partial charge in [0.15, 0.2) is 0 Å². The Labute approximate surface area is 137 Å². The molecule has 6 heteroatoms. The van der Waals surface area contributed by atoms with E-state index in [0.717, 1.165) is 43.3 Å². The van der Waals surface area contributed by atoms with Gasteiger partial charge in [0.1, 0.15) is 11.6 Å². The maximum atomic E-state index is 11.8. The Morgan fingerprint density at radius 3 is 2.43 bits per heavy atom. The molecule has 0 fully saturated rings. The molecule has 0 saturated carbocycles. The summed E-state index contributed by atoms with van der Waals surface area (Å²) < 4.78 is 8.92. The number of nitrogens with one attached hydrogen (secondary N) is 2. The third-order valence-corrected chi connectivity index (χ3v) is 3.86. The summed E-state index contributed by atoms with van der Waals surface area (Å²) in [5, 5.41) is 6.67. The number of rotatable bonds is 9. The van der Waals surface area contributed by atoms with Crippen molar-refractivity contribution in [2.24, 2.45) is 14.1 Å². The number of hydrogen-bond acceptors (Lipinski definition) is 4. The highest BCUT2D eigenvalue weighted by Crippen LogP contribution is 2.10. The summed E-state index contributed by atoms with van der Waals surface area (Å²) in [5.41, 5.74) is 0.949. The number of benzene rings is 1. The van der Waals surface area contributed by atoms with Gasteiger partial charge in [0, 0.05) is 27.2 Å². The smallest absolute Gasteiger partial charge is 0.329 e. The quantitative estimate of drug-likeness (QED) is 0.688. The Hall–Kier alpha value is -2.21. The van der Waals surface area contributed by atoms with Crippen LogP contribution in [-0.4, -0.2) is 35.4 Å². The molecule has 2 rings (SSSR count). The minimum Gasteiger partial charge on any atom is -0.494 e. The zero-order chi connectivity index (χ0) is 16.7. The first-order valence-corrected chi connectivity index (χ1v) is 7.96. The molecule has 0 unspecified atom stereocenters. The van der Waals surface area contributed by atoms with E-state index in [4.69, 9.17) is 4.74 Å². The first-order chi connectivity index (χ1) is 11.1. The highest BCUT2D eigenvalue weighted by molar-refractivity contribution is 5.41. The molecule has 1 aromatic heterocycles. The van der Waals surface area contributed by atoms with E-state index in [1.165, 1.54) is 0 Å². The molecule has 126 valence electrons. The molecule has 0 radical (unpaired) electrons. The van der Waals surface area contributed by atoms with Crippen molar-refractivity contribution >= 4 is 5.82 Å². The predicted molar refractivity (Wildman–Crippen MR) is 93.3 cm³/mol. The Bertz CT molecular complexity index is 661. The van der Waals surface area contributed by atoms with Gasteiger partial charge >= 0.3 is 5.69 Å². The minimum absolute atomic E-state index is 0.00369. The molecule has 0 amide bonds. The van der Waals surface area contributed by atoms with E-state index >= 15 is 0 Å². The topological polar surface area (TPSA) is 60.2 Å². The summed E-state index contributed by atoms with van der Waals surface area (Å²) in [5.74, 6) is 1.79. The summed E-state index contributed by atoms with van der Waals surface area (Å²) in [6.07, 6.45) is 0.956. The average molecular weight is 318 g/mol. The normalized spacial score (nSPS) is 10.7. The average Bonchev–Trinajstić information content (AvgIpc) is 2.75. The van der Waals surface area contributed by atoms with E-state index in [2.05, 4.69) is 10.6 Å². The lowest BCUT2D eigenvalue weighted by Crippen LogP contribution is -2.25. The number of ether oxygens (including phenoxy) is 1. The molecule has 1 aromatic carbocycles. The summed E-state index contributed by atoms with van der Waals surface area (Å²) in [6.45, 7) is 5.17. The zero-order valence-corrected chi connectivity index (χ0v) is 14.1. The molecule has 0 aliphatic heterocycles. The summed E-state index contributed by atoms with van der Waals surface area (Å²) in [7, 11) is 3.57. The first kappa shape index (κ1) is 17.1. The summed E-state index contributed by atoms with van der Waals surface area (Å²) in [4.78, 5) is 11.8. The van der Waals surface area contributed by atoms with Crippen LogP contribution in [0.2, 0.25) is 0 Å². The molecule has 0 bridgehead atoms. The zero-order valence-electron chi connectivity index (χ0n) is 14.1. The van der Waals surface area contributed by atoms with Gasteiger partial charge < -0.3 is 15.4 Å². The van der Waals surface area contributed by atoms with E-state index in [-0.39, 0.29) is 5.69 Å². The van der Waals surface area contributed by atoms with Gasteiger partial charge in [-0.1, -0.05) is 18.2 Å². The van der Waals surface area contributed by atoms with Crippen molar-refractivity contribution in [3.8, 4) is 5.75 Å². The van der Waals surface area contributed by atoms with E-state index < -0.39 is 0 Å². The van der Waals surface area contributed by atoms with Crippen LogP contribution in [0, 0.1) is 6.92 Å². The molecule has 0 saturated heterocycles. The first-order valence-electron chi connectivity index (χ1n) is 7.96. The Balaban J connectivity index is 1.58. The van der Waals surface area contributed by atoms with Gasteiger partial charge in [-0.2, -0.15) is 0 Å². The third-order valence-electron chi connectivity index (χ3n) is 3.86. The van der Waals surface area contributed by atoms with Crippen LogP contribution in [0.3, 0.4) is 0 Å². The Morgan fingerprint density at radius 2 is 1.78 bits per heavy atom. The fourth-order valence-electron chi connectivity index (χ4n) is 2.41. The lowest BCUT2D eigenvalue weighted by molar-refractivity contribution is 0.308.